The van der Waals surface area contributed by atoms with Crippen LogP contribution in [0.1, 0.15) is 24.5 Å². The van der Waals surface area contributed by atoms with E-state index < -0.39 is 6.10 Å². The Labute approximate surface area is 175 Å². The predicted octanol–water partition coefficient (Wildman–Crippen LogP) is 1.79. The van der Waals surface area contributed by atoms with Gasteiger partial charge in [0.2, 0.25) is 5.76 Å². The molecule has 0 spiro atoms. The molecular formula is C22H26N4O4. The van der Waals surface area contributed by atoms with Crippen LogP contribution < -0.4 is 15.5 Å². The number of likely N-dealkylation sites (tertiary alicyclic amines) is 1. The van der Waals surface area contributed by atoms with Gasteiger partial charge in [-0.05, 0) is 42.7 Å². The standard InChI is InChI=1S/C22H26N4O4/c1-29-16-12-18-17(4-2-5-19(18)23-13-16)20(27)14-26-10-7-15(8-11-26)25-22(28)21-6-3-9-24-30-21/h2-6,9,12-13,15,20,24,27H,7-8,10-11,14H2,1H3,(H,25,28). The minimum Gasteiger partial charge on any atom is -0.495 e. The van der Waals surface area contributed by atoms with E-state index >= 15 is 0 Å². The van der Waals surface area contributed by atoms with E-state index in [2.05, 4.69) is 20.7 Å². The van der Waals surface area contributed by atoms with Crippen molar-refractivity contribution < 1.29 is 19.5 Å². The third kappa shape index (κ3) is 4.55. The number of nitrogens with zero attached hydrogens (tertiary/aromatic N) is 2. The molecule has 2 aliphatic rings. The Morgan fingerprint density at radius 2 is 2.27 bits per heavy atom. The Morgan fingerprint density at radius 1 is 1.43 bits per heavy atom. The second kappa shape index (κ2) is 9.15. The minimum atomic E-state index is -0.632. The fourth-order valence-electron chi connectivity index (χ4n) is 3.84. The van der Waals surface area contributed by atoms with Gasteiger partial charge in [0.15, 0.2) is 0 Å². The summed E-state index contributed by atoms with van der Waals surface area (Å²) in [7, 11) is 1.61. The minimum absolute atomic E-state index is 0.0901. The normalized spacial score (nSPS) is 18.3. The zero-order valence-electron chi connectivity index (χ0n) is 16.9. The summed E-state index contributed by atoms with van der Waals surface area (Å²) in [6.07, 6.45) is 7.65. The van der Waals surface area contributed by atoms with E-state index in [1.54, 1.807) is 31.7 Å². The first kappa shape index (κ1) is 20.2. The second-order valence-corrected chi connectivity index (χ2v) is 7.46. The molecule has 8 heteroatoms. The smallest absolute Gasteiger partial charge is 0.289 e. The number of piperidine rings is 1. The molecule has 0 radical (unpaired) electrons. The first-order chi connectivity index (χ1) is 14.6. The van der Waals surface area contributed by atoms with Crippen LogP contribution in [0.2, 0.25) is 0 Å². The third-order valence-electron chi connectivity index (χ3n) is 5.49. The number of β-amino-alcohol motifs (C(OH)–C–C–N with tert-alkyl or cyclic N) is 1. The number of ether oxygens (including phenoxy) is 1. The quantitative estimate of drug-likeness (QED) is 0.668. The van der Waals surface area contributed by atoms with Crippen molar-refractivity contribution in [1.82, 2.24) is 20.7 Å². The first-order valence-electron chi connectivity index (χ1n) is 10.1. The molecule has 1 aromatic heterocycles. The number of nitrogens with one attached hydrogen (secondary N) is 2. The lowest BCUT2D eigenvalue weighted by molar-refractivity contribution is -0.123. The molecule has 0 saturated carbocycles. The van der Waals surface area contributed by atoms with Gasteiger partial charge >= 0.3 is 0 Å². The molecule has 1 atom stereocenters. The van der Waals surface area contributed by atoms with Crippen molar-refractivity contribution in [2.75, 3.05) is 26.7 Å². The van der Waals surface area contributed by atoms with Crippen molar-refractivity contribution in [3.8, 4) is 5.75 Å². The number of carbonyl (C=O) groups is 1. The summed E-state index contributed by atoms with van der Waals surface area (Å²) in [5.74, 6) is 0.708. The maximum atomic E-state index is 12.2. The number of allylic oxidation sites excluding steroid dienone is 2. The van der Waals surface area contributed by atoms with Crippen molar-refractivity contribution in [1.29, 1.82) is 0 Å². The maximum Gasteiger partial charge on any atom is 0.289 e. The number of hydrogen-bond donors (Lipinski definition) is 3. The van der Waals surface area contributed by atoms with Gasteiger partial charge in [-0.2, -0.15) is 0 Å². The van der Waals surface area contributed by atoms with Crippen molar-refractivity contribution in [3.63, 3.8) is 0 Å². The second-order valence-electron chi connectivity index (χ2n) is 7.46. The number of aliphatic hydroxyl groups excluding tert-OH is 1. The molecule has 3 heterocycles. The number of carbonyl (C=O) groups excluding carboxylic acids is 1. The van der Waals surface area contributed by atoms with Crippen LogP contribution in [0.25, 0.3) is 10.9 Å². The highest BCUT2D eigenvalue weighted by Crippen LogP contribution is 2.27. The van der Waals surface area contributed by atoms with E-state index in [-0.39, 0.29) is 17.7 Å². The Bertz CT molecular complexity index is 967. The van der Waals surface area contributed by atoms with Crippen molar-refractivity contribution in [2.24, 2.45) is 0 Å². The van der Waals surface area contributed by atoms with E-state index in [0.717, 1.165) is 42.4 Å². The lowest BCUT2D eigenvalue weighted by atomic mass is 10.0. The van der Waals surface area contributed by atoms with Gasteiger partial charge < -0.3 is 24.9 Å². The summed E-state index contributed by atoms with van der Waals surface area (Å²) in [6.45, 7) is 2.12. The number of methoxy groups -OCH3 is 1. The Morgan fingerprint density at radius 3 is 3.00 bits per heavy atom. The van der Waals surface area contributed by atoms with Crippen LogP contribution in [0, 0.1) is 0 Å². The SMILES string of the molecule is COc1cnc2cccc(C(O)CN3CCC(NC(=O)C4=CC=CNO4)CC3)c2c1. The van der Waals surface area contributed by atoms with Crippen LogP contribution >= 0.6 is 0 Å². The summed E-state index contributed by atoms with van der Waals surface area (Å²) >= 11 is 0. The molecular weight excluding hydrogens is 384 g/mol. The molecule has 3 N–H and O–H groups in total. The van der Waals surface area contributed by atoms with Crippen LogP contribution in [0.5, 0.6) is 5.75 Å². The van der Waals surface area contributed by atoms with Crippen molar-refractivity contribution >= 4 is 16.8 Å². The lowest BCUT2D eigenvalue weighted by Gasteiger charge is -2.33. The van der Waals surface area contributed by atoms with E-state index in [0.29, 0.717) is 12.3 Å². The van der Waals surface area contributed by atoms with Crippen LogP contribution in [-0.2, 0) is 9.63 Å². The van der Waals surface area contributed by atoms with Gasteiger partial charge in [-0.15, -0.1) is 0 Å². The average molecular weight is 410 g/mol. The fraction of sp³-hybridized carbons (Fsp3) is 0.364. The molecule has 1 saturated heterocycles. The summed E-state index contributed by atoms with van der Waals surface area (Å²) in [6, 6.07) is 7.77. The molecule has 1 fully saturated rings. The predicted molar refractivity (Wildman–Crippen MR) is 112 cm³/mol. The molecule has 158 valence electrons. The van der Waals surface area contributed by atoms with Gasteiger partial charge in [0.1, 0.15) is 5.75 Å². The van der Waals surface area contributed by atoms with E-state index in [1.165, 1.54) is 0 Å². The maximum absolute atomic E-state index is 12.2. The molecule has 2 aliphatic heterocycles. The first-order valence-corrected chi connectivity index (χ1v) is 10.1. The van der Waals surface area contributed by atoms with E-state index in [9.17, 15) is 9.90 Å². The van der Waals surface area contributed by atoms with Gasteiger partial charge in [-0.1, -0.05) is 12.1 Å². The Hall–Kier alpha value is -3.10. The molecule has 30 heavy (non-hydrogen) atoms. The van der Waals surface area contributed by atoms with Crippen LogP contribution in [0.3, 0.4) is 0 Å². The van der Waals surface area contributed by atoms with Gasteiger partial charge in [-0.25, -0.2) is 5.48 Å². The van der Waals surface area contributed by atoms with E-state index in [1.807, 2.05) is 24.3 Å². The van der Waals surface area contributed by atoms with Crippen LogP contribution in [-0.4, -0.2) is 53.7 Å². The number of amides is 1. The molecule has 1 amide bonds. The summed E-state index contributed by atoms with van der Waals surface area (Å²) in [5.41, 5.74) is 4.23. The number of pyridine rings is 1. The topological polar surface area (TPSA) is 96.0 Å². The molecule has 0 aliphatic carbocycles. The van der Waals surface area contributed by atoms with Gasteiger partial charge in [-0.3, -0.25) is 9.78 Å². The number of fused-ring (bicyclic) bond motifs is 1. The van der Waals surface area contributed by atoms with Crippen molar-refractivity contribution in [3.05, 3.63) is 60.1 Å². The van der Waals surface area contributed by atoms with Gasteiger partial charge in [0, 0.05) is 37.3 Å². The number of hydrogen-bond acceptors (Lipinski definition) is 7. The summed E-state index contributed by atoms with van der Waals surface area (Å²) < 4.78 is 5.28. The fourth-order valence-corrected chi connectivity index (χ4v) is 3.84. The van der Waals surface area contributed by atoms with Crippen LogP contribution in [0.15, 0.2) is 54.6 Å². The van der Waals surface area contributed by atoms with Gasteiger partial charge in [0.05, 0.1) is 24.9 Å². The highest BCUT2D eigenvalue weighted by Gasteiger charge is 2.25. The number of rotatable bonds is 6. The summed E-state index contributed by atoms with van der Waals surface area (Å²) in [4.78, 5) is 24.0. The van der Waals surface area contributed by atoms with Gasteiger partial charge in [0.25, 0.3) is 5.91 Å². The Balaban J connectivity index is 1.34. The largest absolute Gasteiger partial charge is 0.495 e. The van der Waals surface area contributed by atoms with Crippen molar-refractivity contribution in [2.45, 2.75) is 25.0 Å². The number of hydroxylamine groups is 1. The summed E-state index contributed by atoms with van der Waals surface area (Å²) in [5, 5.41) is 14.8. The number of benzene rings is 1. The molecule has 0 bridgehead atoms. The zero-order valence-corrected chi connectivity index (χ0v) is 16.9. The highest BCUT2D eigenvalue weighted by atomic mass is 16.7. The Kier molecular flexibility index (Phi) is 6.15. The average Bonchev–Trinajstić information content (AvgIpc) is 2.80. The molecule has 8 nitrogen and oxygen atoms in total. The number of aromatic nitrogens is 1. The number of aliphatic hydroxyl groups is 1. The van der Waals surface area contributed by atoms with Crippen LogP contribution in [0.4, 0.5) is 0 Å². The zero-order chi connectivity index (χ0) is 20.9. The van der Waals surface area contributed by atoms with E-state index in [4.69, 9.17) is 9.57 Å². The monoisotopic (exact) mass is 410 g/mol. The molecule has 4 rings (SSSR count). The molecule has 1 aromatic carbocycles. The third-order valence-corrected chi connectivity index (χ3v) is 5.49. The molecule has 2 aromatic rings. The lowest BCUT2D eigenvalue weighted by Crippen LogP contribution is -2.46. The molecule has 1 unspecified atom stereocenters. The highest BCUT2D eigenvalue weighted by molar-refractivity contribution is 5.92.